The Morgan fingerprint density at radius 2 is 1.81 bits per heavy atom. The SMILES string of the molecule is C[C@@]1(c2ccc(F)cc2)NC(=O)N(CC(=O)NC2CCCCCC2)C1=O. The monoisotopic (exact) mass is 361 g/mol. The number of urea groups is 1. The van der Waals surface area contributed by atoms with Gasteiger partial charge in [0.1, 0.15) is 17.9 Å². The quantitative estimate of drug-likeness (QED) is 0.639. The van der Waals surface area contributed by atoms with Crippen molar-refractivity contribution in [2.24, 2.45) is 0 Å². The van der Waals surface area contributed by atoms with Crippen LogP contribution in [-0.2, 0) is 15.1 Å². The van der Waals surface area contributed by atoms with E-state index in [4.69, 9.17) is 0 Å². The van der Waals surface area contributed by atoms with E-state index in [9.17, 15) is 18.8 Å². The summed E-state index contributed by atoms with van der Waals surface area (Å²) in [6.45, 7) is 1.25. The van der Waals surface area contributed by atoms with Gasteiger partial charge in [0.25, 0.3) is 5.91 Å². The zero-order valence-electron chi connectivity index (χ0n) is 14.9. The van der Waals surface area contributed by atoms with Gasteiger partial charge in [-0.3, -0.25) is 14.5 Å². The number of nitrogens with zero attached hydrogens (tertiary/aromatic N) is 1. The number of carbonyl (C=O) groups is 3. The summed E-state index contributed by atoms with van der Waals surface area (Å²) in [6.07, 6.45) is 6.37. The highest BCUT2D eigenvalue weighted by atomic mass is 19.1. The van der Waals surface area contributed by atoms with Crippen LogP contribution < -0.4 is 10.6 Å². The average molecular weight is 361 g/mol. The molecule has 1 heterocycles. The van der Waals surface area contributed by atoms with Crippen molar-refractivity contribution in [1.29, 1.82) is 0 Å². The van der Waals surface area contributed by atoms with Crippen LogP contribution >= 0.6 is 0 Å². The first-order valence-electron chi connectivity index (χ1n) is 9.09. The van der Waals surface area contributed by atoms with E-state index in [0.29, 0.717) is 5.56 Å². The molecule has 140 valence electrons. The van der Waals surface area contributed by atoms with E-state index in [-0.39, 0.29) is 18.5 Å². The molecule has 1 aromatic carbocycles. The topological polar surface area (TPSA) is 78.5 Å². The predicted molar refractivity (Wildman–Crippen MR) is 93.6 cm³/mol. The van der Waals surface area contributed by atoms with E-state index >= 15 is 0 Å². The fraction of sp³-hybridized carbons (Fsp3) is 0.526. The van der Waals surface area contributed by atoms with E-state index in [1.54, 1.807) is 6.92 Å². The fourth-order valence-electron chi connectivity index (χ4n) is 3.66. The summed E-state index contributed by atoms with van der Waals surface area (Å²) >= 11 is 0. The Bertz CT molecular complexity index is 698. The van der Waals surface area contributed by atoms with E-state index in [1.807, 2.05) is 0 Å². The molecule has 1 aromatic rings. The van der Waals surface area contributed by atoms with Crippen molar-refractivity contribution in [3.8, 4) is 0 Å². The number of carbonyl (C=O) groups excluding carboxylic acids is 3. The second kappa shape index (κ2) is 7.43. The van der Waals surface area contributed by atoms with Crippen molar-refractivity contribution in [3.63, 3.8) is 0 Å². The highest BCUT2D eigenvalue weighted by Gasteiger charge is 2.49. The maximum absolute atomic E-state index is 13.1. The first-order valence-corrected chi connectivity index (χ1v) is 9.09. The molecule has 0 unspecified atom stereocenters. The van der Waals surface area contributed by atoms with Crippen LogP contribution in [0.25, 0.3) is 0 Å². The zero-order valence-corrected chi connectivity index (χ0v) is 14.9. The molecule has 2 aliphatic rings. The average Bonchev–Trinajstić information content (AvgIpc) is 2.79. The molecule has 6 nitrogen and oxygen atoms in total. The van der Waals surface area contributed by atoms with Crippen molar-refractivity contribution in [2.75, 3.05) is 6.54 Å². The third kappa shape index (κ3) is 3.71. The molecule has 7 heteroatoms. The van der Waals surface area contributed by atoms with Crippen LogP contribution in [0.5, 0.6) is 0 Å². The van der Waals surface area contributed by atoms with Gasteiger partial charge in [0.05, 0.1) is 0 Å². The molecule has 2 fully saturated rings. The van der Waals surface area contributed by atoms with Gasteiger partial charge in [-0.1, -0.05) is 37.8 Å². The zero-order chi connectivity index (χ0) is 18.7. The lowest BCUT2D eigenvalue weighted by Gasteiger charge is -2.22. The Labute approximate surface area is 152 Å². The van der Waals surface area contributed by atoms with E-state index in [2.05, 4.69) is 10.6 Å². The van der Waals surface area contributed by atoms with Crippen LogP contribution in [0.4, 0.5) is 9.18 Å². The van der Waals surface area contributed by atoms with Crippen LogP contribution in [0, 0.1) is 5.82 Å². The number of imide groups is 1. The van der Waals surface area contributed by atoms with E-state index in [1.165, 1.54) is 37.1 Å². The Balaban J connectivity index is 1.66. The van der Waals surface area contributed by atoms with Crippen molar-refractivity contribution >= 4 is 17.8 Å². The lowest BCUT2D eigenvalue weighted by molar-refractivity contribution is -0.135. The smallest absolute Gasteiger partial charge is 0.325 e. The Kier molecular flexibility index (Phi) is 5.25. The standard InChI is InChI=1S/C19H24FN3O3/c1-19(13-8-10-14(20)11-9-13)17(25)23(18(26)22-19)12-16(24)21-15-6-4-2-3-5-7-15/h8-11,15H,2-7,12H2,1H3,(H,21,24)(H,22,26)/t19-/m0/s1. The molecular formula is C19H24FN3O3. The van der Waals surface area contributed by atoms with Gasteiger partial charge < -0.3 is 10.6 Å². The second-order valence-electron chi connectivity index (χ2n) is 7.21. The predicted octanol–water partition coefficient (Wildman–Crippen LogP) is 2.43. The summed E-state index contributed by atoms with van der Waals surface area (Å²) in [5.74, 6) is -1.26. The minimum atomic E-state index is -1.30. The molecular weight excluding hydrogens is 337 g/mol. The lowest BCUT2D eigenvalue weighted by Crippen LogP contribution is -2.45. The van der Waals surface area contributed by atoms with Gasteiger partial charge in [-0.2, -0.15) is 0 Å². The Hall–Kier alpha value is -2.44. The molecule has 4 amide bonds. The van der Waals surface area contributed by atoms with Crippen molar-refractivity contribution in [2.45, 2.75) is 57.0 Å². The van der Waals surface area contributed by atoms with E-state index in [0.717, 1.165) is 30.6 Å². The number of rotatable bonds is 4. The third-order valence-corrected chi connectivity index (χ3v) is 5.22. The van der Waals surface area contributed by atoms with Gasteiger partial charge in [-0.25, -0.2) is 9.18 Å². The fourth-order valence-corrected chi connectivity index (χ4v) is 3.66. The summed E-state index contributed by atoms with van der Waals surface area (Å²) in [5, 5.41) is 5.56. The highest BCUT2D eigenvalue weighted by molar-refractivity contribution is 6.09. The van der Waals surface area contributed by atoms with Crippen molar-refractivity contribution in [3.05, 3.63) is 35.6 Å². The van der Waals surface area contributed by atoms with Crippen LogP contribution in [0.1, 0.15) is 51.0 Å². The molecule has 0 bridgehead atoms. The number of amides is 4. The molecule has 0 aromatic heterocycles. The molecule has 0 radical (unpaired) electrons. The molecule has 1 saturated carbocycles. The van der Waals surface area contributed by atoms with Crippen LogP contribution in [0.3, 0.4) is 0 Å². The molecule has 1 aliphatic carbocycles. The van der Waals surface area contributed by atoms with Gasteiger partial charge in [0.15, 0.2) is 0 Å². The third-order valence-electron chi connectivity index (χ3n) is 5.22. The van der Waals surface area contributed by atoms with Crippen LogP contribution in [-0.4, -0.2) is 35.3 Å². The first kappa shape index (κ1) is 18.4. The number of hydrogen-bond donors (Lipinski definition) is 2. The number of nitrogens with one attached hydrogen (secondary N) is 2. The maximum Gasteiger partial charge on any atom is 0.325 e. The molecule has 3 rings (SSSR count). The van der Waals surface area contributed by atoms with Gasteiger partial charge in [0, 0.05) is 6.04 Å². The molecule has 1 atom stereocenters. The Morgan fingerprint density at radius 1 is 1.19 bits per heavy atom. The molecule has 1 aliphatic heterocycles. The van der Waals surface area contributed by atoms with E-state index < -0.39 is 23.3 Å². The van der Waals surface area contributed by atoms with Crippen LogP contribution in [0.15, 0.2) is 24.3 Å². The summed E-state index contributed by atoms with van der Waals surface area (Å²) in [5.41, 5.74) is -0.822. The van der Waals surface area contributed by atoms with Crippen molar-refractivity contribution < 1.29 is 18.8 Å². The molecule has 0 spiro atoms. The molecule has 2 N–H and O–H groups in total. The highest BCUT2D eigenvalue weighted by Crippen LogP contribution is 2.28. The first-order chi connectivity index (χ1) is 12.4. The summed E-state index contributed by atoms with van der Waals surface area (Å²) in [6, 6.07) is 4.89. The number of benzene rings is 1. The summed E-state index contributed by atoms with van der Waals surface area (Å²) in [7, 11) is 0. The maximum atomic E-state index is 13.1. The second-order valence-corrected chi connectivity index (χ2v) is 7.21. The summed E-state index contributed by atoms with van der Waals surface area (Å²) < 4.78 is 13.1. The minimum Gasteiger partial charge on any atom is -0.352 e. The van der Waals surface area contributed by atoms with Crippen molar-refractivity contribution in [1.82, 2.24) is 15.5 Å². The van der Waals surface area contributed by atoms with Gasteiger partial charge in [-0.15, -0.1) is 0 Å². The minimum absolute atomic E-state index is 0.106. The Morgan fingerprint density at radius 3 is 2.42 bits per heavy atom. The molecule has 1 saturated heterocycles. The number of halogens is 1. The summed E-state index contributed by atoms with van der Waals surface area (Å²) in [4.78, 5) is 38.3. The van der Waals surface area contributed by atoms with Gasteiger partial charge in [0.2, 0.25) is 5.91 Å². The van der Waals surface area contributed by atoms with Gasteiger partial charge in [-0.05, 0) is 37.5 Å². The normalized spacial score (nSPS) is 24.3. The molecule has 26 heavy (non-hydrogen) atoms. The van der Waals surface area contributed by atoms with Gasteiger partial charge >= 0.3 is 6.03 Å². The largest absolute Gasteiger partial charge is 0.352 e. The lowest BCUT2D eigenvalue weighted by atomic mass is 9.92. The number of hydrogen-bond acceptors (Lipinski definition) is 3. The van der Waals surface area contributed by atoms with Crippen LogP contribution in [0.2, 0.25) is 0 Å².